The zero-order valence-electron chi connectivity index (χ0n) is 12.9. The molecule has 0 aromatic carbocycles. The van der Waals surface area contributed by atoms with Crippen LogP contribution in [0.2, 0.25) is 25.7 Å². The van der Waals surface area contributed by atoms with Crippen molar-refractivity contribution in [3.63, 3.8) is 0 Å². The van der Waals surface area contributed by atoms with E-state index in [9.17, 15) is 9.59 Å². The van der Waals surface area contributed by atoms with Gasteiger partial charge in [0.05, 0.1) is 0 Å². The van der Waals surface area contributed by atoms with E-state index >= 15 is 0 Å². The highest BCUT2D eigenvalue weighted by atomic mass is 28.3. The third kappa shape index (κ3) is 10.5. The molecule has 0 aliphatic carbocycles. The van der Waals surface area contributed by atoms with Gasteiger partial charge in [0.15, 0.2) is 0 Å². The van der Waals surface area contributed by atoms with Gasteiger partial charge >= 0.3 is 11.9 Å². The van der Waals surface area contributed by atoms with Gasteiger partial charge in [-0.05, 0) is 27.2 Å². The van der Waals surface area contributed by atoms with Crippen LogP contribution in [0.15, 0.2) is 11.6 Å². The van der Waals surface area contributed by atoms with Crippen molar-refractivity contribution in [3.8, 4) is 0 Å². The fourth-order valence-electron chi connectivity index (χ4n) is 1.54. The van der Waals surface area contributed by atoms with Crippen LogP contribution in [-0.4, -0.2) is 30.7 Å². The Morgan fingerprint density at radius 3 is 2.11 bits per heavy atom. The lowest BCUT2D eigenvalue weighted by molar-refractivity contribution is -0.150. The van der Waals surface area contributed by atoms with Crippen LogP contribution in [0.4, 0.5) is 0 Å². The van der Waals surface area contributed by atoms with E-state index in [1.807, 2.05) is 0 Å². The molecule has 0 saturated carbocycles. The lowest BCUT2D eigenvalue weighted by Gasteiger charge is -2.21. The van der Waals surface area contributed by atoms with Crippen LogP contribution in [0, 0.1) is 0 Å². The number of aliphatic carboxylic acids is 1. The Balaban J connectivity index is 4.66. The SMILES string of the molecule is CC(C)(C)OC(=O)/C(=C/C(=O)O)CCC[Si](C)(C)C. The maximum Gasteiger partial charge on any atom is 0.334 e. The van der Waals surface area contributed by atoms with E-state index in [-0.39, 0.29) is 5.57 Å². The molecule has 4 nitrogen and oxygen atoms in total. The Hall–Kier alpha value is -1.10. The molecule has 0 aliphatic rings. The average molecular weight is 286 g/mol. The number of carbonyl (C=O) groups excluding carboxylic acids is 1. The van der Waals surface area contributed by atoms with Crippen LogP contribution in [0.3, 0.4) is 0 Å². The van der Waals surface area contributed by atoms with Crippen molar-refractivity contribution in [3.05, 3.63) is 11.6 Å². The van der Waals surface area contributed by atoms with Crippen molar-refractivity contribution in [2.45, 2.75) is 64.9 Å². The molecule has 0 aromatic heterocycles. The van der Waals surface area contributed by atoms with E-state index in [0.29, 0.717) is 6.42 Å². The predicted molar refractivity (Wildman–Crippen MR) is 79.0 cm³/mol. The second-order valence-corrected chi connectivity index (χ2v) is 12.5. The first-order chi connectivity index (χ1) is 8.41. The average Bonchev–Trinajstić information content (AvgIpc) is 2.10. The fraction of sp³-hybridized carbons (Fsp3) is 0.714. The van der Waals surface area contributed by atoms with Crippen molar-refractivity contribution < 1.29 is 19.4 Å². The molecule has 1 N–H and O–H groups in total. The molecular formula is C14H26O4Si. The second kappa shape index (κ2) is 6.89. The third-order valence-electron chi connectivity index (χ3n) is 2.33. The fourth-order valence-corrected chi connectivity index (χ4v) is 2.77. The molecule has 0 amide bonds. The van der Waals surface area contributed by atoms with E-state index in [4.69, 9.17) is 9.84 Å². The van der Waals surface area contributed by atoms with Crippen LogP contribution in [0.25, 0.3) is 0 Å². The first-order valence-corrected chi connectivity index (χ1v) is 10.3. The van der Waals surface area contributed by atoms with Crippen molar-refractivity contribution >= 4 is 20.0 Å². The van der Waals surface area contributed by atoms with Crippen LogP contribution < -0.4 is 0 Å². The Kier molecular flexibility index (Phi) is 6.49. The third-order valence-corrected chi connectivity index (χ3v) is 4.19. The lowest BCUT2D eigenvalue weighted by atomic mass is 10.1. The number of hydrogen-bond acceptors (Lipinski definition) is 3. The number of carbonyl (C=O) groups is 2. The first-order valence-electron chi connectivity index (χ1n) is 6.57. The number of carboxylic acid groups (broad SMARTS) is 1. The van der Waals surface area contributed by atoms with Crippen LogP contribution in [-0.2, 0) is 14.3 Å². The monoisotopic (exact) mass is 286 g/mol. The molecule has 0 radical (unpaired) electrons. The van der Waals surface area contributed by atoms with Gasteiger partial charge in [0.2, 0.25) is 0 Å². The van der Waals surface area contributed by atoms with Gasteiger partial charge in [-0.15, -0.1) is 0 Å². The summed E-state index contributed by atoms with van der Waals surface area (Å²) in [5.41, 5.74) is -0.353. The molecule has 0 spiro atoms. The molecule has 0 unspecified atom stereocenters. The molecule has 110 valence electrons. The minimum atomic E-state index is -1.17. The van der Waals surface area contributed by atoms with Crippen molar-refractivity contribution in [2.24, 2.45) is 0 Å². The maximum atomic E-state index is 11.9. The summed E-state index contributed by atoms with van der Waals surface area (Å²) in [6.45, 7) is 12.1. The number of ether oxygens (including phenoxy) is 1. The van der Waals surface area contributed by atoms with Crippen LogP contribution >= 0.6 is 0 Å². The van der Waals surface area contributed by atoms with Crippen molar-refractivity contribution in [1.82, 2.24) is 0 Å². The van der Waals surface area contributed by atoms with E-state index < -0.39 is 25.6 Å². The minimum Gasteiger partial charge on any atom is -0.478 e. The van der Waals surface area contributed by atoms with Crippen molar-refractivity contribution in [2.75, 3.05) is 0 Å². The van der Waals surface area contributed by atoms with E-state index in [2.05, 4.69) is 19.6 Å². The van der Waals surface area contributed by atoms with Crippen molar-refractivity contribution in [1.29, 1.82) is 0 Å². The summed E-state index contributed by atoms with van der Waals surface area (Å²) in [7, 11) is -1.17. The van der Waals surface area contributed by atoms with Gasteiger partial charge in [-0.2, -0.15) is 0 Å². The van der Waals surface area contributed by atoms with Gasteiger partial charge in [-0.25, -0.2) is 9.59 Å². The summed E-state index contributed by atoms with van der Waals surface area (Å²) in [4.78, 5) is 22.7. The Morgan fingerprint density at radius 2 is 1.74 bits per heavy atom. The van der Waals surface area contributed by atoms with Crippen LogP contribution in [0.1, 0.15) is 33.6 Å². The summed E-state index contributed by atoms with van der Waals surface area (Å²) in [5.74, 6) is -1.63. The molecule has 19 heavy (non-hydrogen) atoms. The van der Waals surface area contributed by atoms with Crippen LogP contribution in [0.5, 0.6) is 0 Å². The smallest absolute Gasteiger partial charge is 0.334 e. The first kappa shape index (κ1) is 17.9. The Morgan fingerprint density at radius 1 is 1.21 bits per heavy atom. The maximum absolute atomic E-state index is 11.9. The summed E-state index contributed by atoms with van der Waals surface area (Å²) in [6.07, 6.45) is 2.26. The zero-order chi connectivity index (χ0) is 15.3. The zero-order valence-corrected chi connectivity index (χ0v) is 13.9. The second-order valence-electron chi connectivity index (χ2n) is 6.92. The molecule has 0 aromatic rings. The topological polar surface area (TPSA) is 63.6 Å². The molecular weight excluding hydrogens is 260 g/mol. The van der Waals surface area contributed by atoms with Gasteiger partial charge in [0, 0.05) is 19.7 Å². The summed E-state index contributed by atoms with van der Waals surface area (Å²) in [6, 6.07) is 1.06. The summed E-state index contributed by atoms with van der Waals surface area (Å²) >= 11 is 0. The largest absolute Gasteiger partial charge is 0.478 e. The standard InChI is InChI=1S/C14H26O4Si/c1-14(2,3)18-13(17)11(10-12(15)16)8-7-9-19(4,5)6/h10H,7-9H2,1-6H3,(H,15,16)/b11-10+. The number of esters is 1. The highest BCUT2D eigenvalue weighted by molar-refractivity contribution is 6.76. The number of carboxylic acids is 1. The normalized spacial score (nSPS) is 13.3. The Bertz CT molecular complexity index is 359. The predicted octanol–water partition coefficient (Wildman–Crippen LogP) is 3.46. The van der Waals surface area contributed by atoms with Gasteiger partial charge in [0.1, 0.15) is 5.60 Å². The highest BCUT2D eigenvalue weighted by Gasteiger charge is 2.21. The van der Waals surface area contributed by atoms with E-state index in [1.54, 1.807) is 20.8 Å². The van der Waals surface area contributed by atoms with Gasteiger partial charge in [0.25, 0.3) is 0 Å². The van der Waals surface area contributed by atoms with Gasteiger partial charge < -0.3 is 9.84 Å². The van der Waals surface area contributed by atoms with Gasteiger partial charge in [-0.1, -0.05) is 32.1 Å². The molecule has 5 heteroatoms. The molecule has 0 bridgehead atoms. The summed E-state index contributed by atoms with van der Waals surface area (Å²) in [5, 5.41) is 8.81. The van der Waals surface area contributed by atoms with Gasteiger partial charge in [-0.3, -0.25) is 0 Å². The molecule has 0 heterocycles. The van der Waals surface area contributed by atoms with E-state index in [1.165, 1.54) is 0 Å². The molecule has 0 fully saturated rings. The summed E-state index contributed by atoms with van der Waals surface area (Å²) < 4.78 is 5.22. The molecule has 0 saturated heterocycles. The molecule has 0 atom stereocenters. The lowest BCUT2D eigenvalue weighted by Crippen LogP contribution is -2.25. The highest BCUT2D eigenvalue weighted by Crippen LogP contribution is 2.19. The molecule has 0 rings (SSSR count). The number of hydrogen-bond donors (Lipinski definition) is 1. The quantitative estimate of drug-likeness (QED) is 0.461. The number of rotatable bonds is 6. The molecule has 0 aliphatic heterocycles. The van der Waals surface area contributed by atoms with E-state index in [0.717, 1.165) is 18.5 Å². The Labute approximate surface area is 116 Å². The minimum absolute atomic E-state index is 0.251.